The molecule has 2 nitrogen and oxygen atoms in total. The van der Waals surface area contributed by atoms with Crippen LogP contribution in [-0.4, -0.2) is 18.2 Å². The Hall–Kier alpha value is -0.280. The first-order valence-electron chi connectivity index (χ1n) is 5.35. The summed E-state index contributed by atoms with van der Waals surface area (Å²) in [6, 6.07) is 5.28. The lowest BCUT2D eigenvalue weighted by Gasteiger charge is -2.15. The van der Waals surface area contributed by atoms with Gasteiger partial charge < -0.3 is 10.4 Å². The normalized spacial score (nSPS) is 13.1. The molecule has 1 rings (SSSR count). The van der Waals surface area contributed by atoms with Crippen molar-refractivity contribution in [2.45, 2.75) is 20.0 Å². The fraction of sp³-hybridized carbons (Fsp3) is 0.500. The topological polar surface area (TPSA) is 32.3 Å². The molecule has 0 aliphatic rings. The van der Waals surface area contributed by atoms with Gasteiger partial charge in [-0.15, -0.1) is 0 Å². The van der Waals surface area contributed by atoms with Gasteiger partial charge in [-0.2, -0.15) is 0 Å². The van der Waals surface area contributed by atoms with Crippen molar-refractivity contribution in [2.75, 3.05) is 13.1 Å². The van der Waals surface area contributed by atoms with Crippen molar-refractivity contribution in [2.24, 2.45) is 5.92 Å². The number of nitrogens with one attached hydrogen (secondary N) is 1. The SMILES string of the molecule is CC(C)CNCC(O)c1cccc(Cl)c1Cl. The number of halogens is 2. The van der Waals surface area contributed by atoms with Gasteiger partial charge in [-0.05, 0) is 18.5 Å². The molecule has 0 aliphatic heterocycles. The lowest BCUT2D eigenvalue weighted by atomic mass is 10.1. The molecule has 0 aromatic heterocycles. The van der Waals surface area contributed by atoms with Crippen LogP contribution < -0.4 is 5.32 Å². The Kier molecular flexibility index (Phi) is 5.56. The van der Waals surface area contributed by atoms with Gasteiger partial charge in [0.1, 0.15) is 0 Å². The van der Waals surface area contributed by atoms with Gasteiger partial charge in [-0.1, -0.05) is 49.2 Å². The fourth-order valence-electron chi connectivity index (χ4n) is 1.40. The minimum Gasteiger partial charge on any atom is -0.387 e. The van der Waals surface area contributed by atoms with E-state index < -0.39 is 6.10 Å². The number of aliphatic hydroxyl groups is 1. The molecule has 1 atom stereocenters. The summed E-state index contributed by atoms with van der Waals surface area (Å²) >= 11 is 11.9. The van der Waals surface area contributed by atoms with E-state index in [1.807, 2.05) is 0 Å². The van der Waals surface area contributed by atoms with Crippen LogP contribution in [0.5, 0.6) is 0 Å². The Labute approximate surface area is 107 Å². The van der Waals surface area contributed by atoms with E-state index in [0.717, 1.165) is 6.54 Å². The molecule has 0 amide bonds. The first kappa shape index (κ1) is 13.8. The lowest BCUT2D eigenvalue weighted by molar-refractivity contribution is 0.173. The predicted octanol–water partition coefficient (Wildman–Crippen LogP) is 3.27. The van der Waals surface area contributed by atoms with Gasteiger partial charge in [0.05, 0.1) is 16.1 Å². The number of benzene rings is 1. The van der Waals surface area contributed by atoms with Crippen molar-refractivity contribution >= 4 is 23.2 Å². The minimum atomic E-state index is -0.620. The molecular formula is C12H17Cl2NO. The number of rotatable bonds is 5. The molecule has 1 aromatic carbocycles. The Morgan fingerprint density at radius 1 is 1.25 bits per heavy atom. The van der Waals surface area contributed by atoms with Crippen LogP contribution >= 0.6 is 23.2 Å². The molecule has 1 aromatic rings. The fourth-order valence-corrected chi connectivity index (χ4v) is 1.83. The third-order valence-electron chi connectivity index (χ3n) is 2.23. The van der Waals surface area contributed by atoms with Crippen LogP contribution in [-0.2, 0) is 0 Å². The van der Waals surface area contributed by atoms with E-state index in [0.29, 0.717) is 28.1 Å². The first-order chi connectivity index (χ1) is 7.52. The summed E-state index contributed by atoms with van der Waals surface area (Å²) in [5, 5.41) is 14.0. The summed E-state index contributed by atoms with van der Waals surface area (Å²) in [5.41, 5.74) is 0.672. The highest BCUT2D eigenvalue weighted by atomic mass is 35.5. The first-order valence-corrected chi connectivity index (χ1v) is 6.10. The molecule has 0 radical (unpaired) electrons. The summed E-state index contributed by atoms with van der Waals surface area (Å²) in [4.78, 5) is 0. The highest BCUT2D eigenvalue weighted by Crippen LogP contribution is 2.29. The number of hydrogen-bond acceptors (Lipinski definition) is 2. The van der Waals surface area contributed by atoms with E-state index in [9.17, 15) is 5.11 Å². The van der Waals surface area contributed by atoms with E-state index in [2.05, 4.69) is 19.2 Å². The summed E-state index contributed by atoms with van der Waals surface area (Å²) in [5.74, 6) is 0.557. The van der Waals surface area contributed by atoms with Gasteiger partial charge in [0.25, 0.3) is 0 Å². The highest BCUT2D eigenvalue weighted by molar-refractivity contribution is 6.42. The van der Waals surface area contributed by atoms with Crippen molar-refractivity contribution in [3.05, 3.63) is 33.8 Å². The standard InChI is InChI=1S/C12H17Cl2NO/c1-8(2)6-15-7-11(16)9-4-3-5-10(13)12(9)14/h3-5,8,11,15-16H,6-7H2,1-2H3. The molecule has 16 heavy (non-hydrogen) atoms. The van der Waals surface area contributed by atoms with E-state index in [1.165, 1.54) is 0 Å². The second-order valence-corrected chi connectivity index (χ2v) is 5.00. The van der Waals surface area contributed by atoms with Gasteiger partial charge in [0, 0.05) is 12.1 Å². The Balaban J connectivity index is 2.59. The average molecular weight is 262 g/mol. The smallest absolute Gasteiger partial charge is 0.0929 e. The molecule has 4 heteroatoms. The summed E-state index contributed by atoms with van der Waals surface area (Å²) in [6.07, 6.45) is -0.620. The van der Waals surface area contributed by atoms with Gasteiger partial charge >= 0.3 is 0 Å². The Morgan fingerprint density at radius 2 is 1.94 bits per heavy atom. The van der Waals surface area contributed by atoms with E-state index in [-0.39, 0.29) is 0 Å². The Bertz CT molecular complexity index is 342. The van der Waals surface area contributed by atoms with Crippen molar-refractivity contribution in [1.82, 2.24) is 5.32 Å². The summed E-state index contributed by atoms with van der Waals surface area (Å²) < 4.78 is 0. The molecule has 2 N–H and O–H groups in total. The summed E-state index contributed by atoms with van der Waals surface area (Å²) in [6.45, 7) is 5.59. The lowest BCUT2D eigenvalue weighted by Crippen LogP contribution is -2.25. The minimum absolute atomic E-state index is 0.433. The molecule has 1 unspecified atom stereocenters. The van der Waals surface area contributed by atoms with Crippen LogP contribution in [0.15, 0.2) is 18.2 Å². The third-order valence-corrected chi connectivity index (χ3v) is 3.06. The zero-order valence-corrected chi connectivity index (χ0v) is 11.0. The van der Waals surface area contributed by atoms with Crippen LogP contribution in [0.2, 0.25) is 10.0 Å². The van der Waals surface area contributed by atoms with E-state index >= 15 is 0 Å². The van der Waals surface area contributed by atoms with Crippen molar-refractivity contribution in [1.29, 1.82) is 0 Å². The Morgan fingerprint density at radius 3 is 2.56 bits per heavy atom. The van der Waals surface area contributed by atoms with Crippen LogP contribution in [0, 0.1) is 5.92 Å². The second-order valence-electron chi connectivity index (χ2n) is 4.21. The molecular weight excluding hydrogens is 245 g/mol. The summed E-state index contributed by atoms with van der Waals surface area (Å²) in [7, 11) is 0. The van der Waals surface area contributed by atoms with Crippen LogP contribution in [0.25, 0.3) is 0 Å². The third kappa shape index (κ3) is 3.95. The molecule has 0 spiro atoms. The highest BCUT2D eigenvalue weighted by Gasteiger charge is 2.13. The quantitative estimate of drug-likeness (QED) is 0.853. The largest absolute Gasteiger partial charge is 0.387 e. The van der Waals surface area contributed by atoms with Crippen molar-refractivity contribution < 1.29 is 5.11 Å². The van der Waals surface area contributed by atoms with Gasteiger partial charge in [0.2, 0.25) is 0 Å². The van der Waals surface area contributed by atoms with Gasteiger partial charge in [0.15, 0.2) is 0 Å². The average Bonchev–Trinajstić information content (AvgIpc) is 2.21. The van der Waals surface area contributed by atoms with E-state index in [1.54, 1.807) is 18.2 Å². The maximum atomic E-state index is 9.93. The maximum absolute atomic E-state index is 9.93. The molecule has 0 saturated heterocycles. The van der Waals surface area contributed by atoms with Crippen molar-refractivity contribution in [3.8, 4) is 0 Å². The molecule has 0 fully saturated rings. The van der Waals surface area contributed by atoms with Gasteiger partial charge in [-0.3, -0.25) is 0 Å². The monoisotopic (exact) mass is 261 g/mol. The zero-order valence-electron chi connectivity index (χ0n) is 9.50. The van der Waals surface area contributed by atoms with E-state index in [4.69, 9.17) is 23.2 Å². The zero-order chi connectivity index (χ0) is 12.1. The molecule has 0 heterocycles. The van der Waals surface area contributed by atoms with Crippen LogP contribution in [0.1, 0.15) is 25.5 Å². The number of hydrogen-bond donors (Lipinski definition) is 2. The second kappa shape index (κ2) is 6.45. The van der Waals surface area contributed by atoms with Crippen molar-refractivity contribution in [3.63, 3.8) is 0 Å². The maximum Gasteiger partial charge on any atom is 0.0929 e. The van der Waals surface area contributed by atoms with Gasteiger partial charge in [-0.25, -0.2) is 0 Å². The number of aliphatic hydroxyl groups excluding tert-OH is 1. The predicted molar refractivity (Wildman–Crippen MR) is 69.1 cm³/mol. The molecule has 0 bridgehead atoms. The molecule has 90 valence electrons. The molecule has 0 aliphatic carbocycles. The molecule has 0 saturated carbocycles. The van der Waals surface area contributed by atoms with Crippen LogP contribution in [0.4, 0.5) is 0 Å². The van der Waals surface area contributed by atoms with Crippen LogP contribution in [0.3, 0.4) is 0 Å².